The highest BCUT2D eigenvalue weighted by molar-refractivity contribution is 7.90. The molecular formula is C18H22N4O4S2. The molecule has 28 heavy (non-hydrogen) atoms. The number of ether oxygens (including phenoxy) is 2. The molecule has 1 saturated heterocycles. The van der Waals surface area contributed by atoms with Crippen LogP contribution in [0.1, 0.15) is 24.7 Å². The number of thiazole rings is 1. The number of benzene rings is 1. The number of sulfonamides is 1. The number of nitrogens with zero attached hydrogens (tertiary/aromatic N) is 3. The van der Waals surface area contributed by atoms with Crippen LogP contribution in [0, 0.1) is 0 Å². The van der Waals surface area contributed by atoms with Crippen molar-refractivity contribution in [2.45, 2.75) is 24.7 Å². The lowest BCUT2D eigenvalue weighted by Gasteiger charge is -2.36. The molecule has 4 rings (SSSR count). The van der Waals surface area contributed by atoms with Crippen LogP contribution in [0.4, 0.5) is 5.13 Å². The molecule has 2 N–H and O–H groups in total. The van der Waals surface area contributed by atoms with E-state index in [1.54, 1.807) is 37.3 Å². The predicted molar refractivity (Wildman–Crippen MR) is 109 cm³/mol. The van der Waals surface area contributed by atoms with Gasteiger partial charge in [0.1, 0.15) is 10.9 Å². The van der Waals surface area contributed by atoms with E-state index in [0.29, 0.717) is 18.8 Å². The molecule has 0 radical (unpaired) electrons. The normalized spacial score (nSPS) is 23.7. The van der Waals surface area contributed by atoms with E-state index in [2.05, 4.69) is 9.30 Å². The molecule has 0 amide bonds. The molecule has 0 aliphatic carbocycles. The molecule has 0 saturated carbocycles. The topological polar surface area (TPSA) is 107 Å². The zero-order valence-corrected chi connectivity index (χ0v) is 17.3. The fourth-order valence-electron chi connectivity index (χ4n) is 3.58. The summed E-state index contributed by atoms with van der Waals surface area (Å²) in [4.78, 5) is 6.93. The Kier molecular flexibility index (Phi) is 4.80. The van der Waals surface area contributed by atoms with Crippen LogP contribution in [0.15, 0.2) is 34.0 Å². The molecule has 1 aromatic carbocycles. The van der Waals surface area contributed by atoms with Gasteiger partial charge in [-0.3, -0.25) is 0 Å². The summed E-state index contributed by atoms with van der Waals surface area (Å²) < 4.78 is 39.5. The van der Waals surface area contributed by atoms with Gasteiger partial charge in [0.25, 0.3) is 16.0 Å². The maximum absolute atomic E-state index is 12.6. The van der Waals surface area contributed by atoms with Crippen molar-refractivity contribution in [1.82, 2.24) is 4.98 Å². The first-order chi connectivity index (χ1) is 13.3. The standard InChI is InChI=1S/C18H22N4O4S2/c1-18(2)15(28(23,24)21-16(19)26-18)13-5-3-12(4-6-13)14-11-27-17(20-14)22-7-9-25-10-8-22/h3-6,11,15H,7-10H2,1-2H3,(H2,19,21). The quantitative estimate of drug-likeness (QED) is 0.807. The van der Waals surface area contributed by atoms with Gasteiger partial charge in [-0.2, -0.15) is 0 Å². The molecule has 1 fully saturated rings. The van der Waals surface area contributed by atoms with Crippen LogP contribution in [0.25, 0.3) is 11.3 Å². The highest BCUT2D eigenvalue weighted by Crippen LogP contribution is 2.40. The monoisotopic (exact) mass is 422 g/mol. The fraction of sp³-hybridized carbons (Fsp3) is 0.444. The van der Waals surface area contributed by atoms with E-state index in [4.69, 9.17) is 20.2 Å². The summed E-state index contributed by atoms with van der Waals surface area (Å²) in [7, 11) is -3.82. The summed E-state index contributed by atoms with van der Waals surface area (Å²) in [5.74, 6) is 0. The Labute approximate surface area is 168 Å². The van der Waals surface area contributed by atoms with Crippen molar-refractivity contribution >= 4 is 32.5 Å². The molecular weight excluding hydrogens is 400 g/mol. The molecule has 0 spiro atoms. The highest BCUT2D eigenvalue weighted by Gasteiger charge is 2.46. The third-order valence-corrected chi connectivity index (χ3v) is 7.57. The molecule has 1 atom stereocenters. The lowest BCUT2D eigenvalue weighted by Crippen LogP contribution is -2.45. The average Bonchev–Trinajstić information content (AvgIpc) is 3.11. The lowest BCUT2D eigenvalue weighted by molar-refractivity contribution is 0.0827. The summed E-state index contributed by atoms with van der Waals surface area (Å²) in [5.41, 5.74) is 6.90. The molecule has 2 aliphatic heterocycles. The number of rotatable bonds is 3. The van der Waals surface area contributed by atoms with Gasteiger partial charge in [0.15, 0.2) is 5.13 Å². The molecule has 1 aromatic heterocycles. The van der Waals surface area contributed by atoms with E-state index in [-0.39, 0.29) is 6.02 Å². The van der Waals surface area contributed by atoms with Crippen LogP contribution in [0.5, 0.6) is 0 Å². The number of nitrogens with two attached hydrogens (primary N) is 1. The van der Waals surface area contributed by atoms with E-state index in [1.165, 1.54) is 0 Å². The summed E-state index contributed by atoms with van der Waals surface area (Å²) in [6, 6.07) is 7.00. The van der Waals surface area contributed by atoms with E-state index in [0.717, 1.165) is 29.5 Å². The molecule has 0 bridgehead atoms. The minimum Gasteiger partial charge on any atom is -0.457 e. The van der Waals surface area contributed by atoms with Crippen molar-refractivity contribution in [2.24, 2.45) is 10.1 Å². The molecule has 1 unspecified atom stereocenters. The lowest BCUT2D eigenvalue weighted by atomic mass is 9.96. The summed E-state index contributed by atoms with van der Waals surface area (Å²) in [6.07, 6.45) is 0. The predicted octanol–water partition coefficient (Wildman–Crippen LogP) is 2.14. The van der Waals surface area contributed by atoms with Gasteiger partial charge in [-0.25, -0.2) is 13.4 Å². The molecule has 8 nitrogen and oxygen atoms in total. The molecule has 2 aliphatic rings. The van der Waals surface area contributed by atoms with Crippen molar-refractivity contribution in [3.05, 3.63) is 35.2 Å². The summed E-state index contributed by atoms with van der Waals surface area (Å²) in [5, 5.41) is 2.05. The SMILES string of the molecule is CC1(C)OC(N)=NS(=O)(=O)C1c1ccc(-c2csc(N3CCOCC3)n2)cc1. The average molecular weight is 423 g/mol. The van der Waals surface area contributed by atoms with Gasteiger partial charge in [0.05, 0.1) is 18.9 Å². The van der Waals surface area contributed by atoms with Crippen LogP contribution in [-0.2, 0) is 19.5 Å². The summed E-state index contributed by atoms with van der Waals surface area (Å²) >= 11 is 1.59. The first-order valence-corrected chi connectivity index (χ1v) is 11.3. The van der Waals surface area contributed by atoms with Gasteiger partial charge in [-0.05, 0) is 19.4 Å². The van der Waals surface area contributed by atoms with Crippen molar-refractivity contribution in [3.8, 4) is 11.3 Å². The largest absolute Gasteiger partial charge is 0.457 e. The Hall–Kier alpha value is -2.17. The van der Waals surface area contributed by atoms with E-state index < -0.39 is 20.9 Å². The fourth-order valence-corrected chi connectivity index (χ4v) is 6.13. The maximum atomic E-state index is 12.6. The Morgan fingerprint density at radius 3 is 2.54 bits per heavy atom. The molecule has 2 aromatic rings. The third kappa shape index (κ3) is 3.59. The Balaban J connectivity index is 1.60. The van der Waals surface area contributed by atoms with E-state index in [1.807, 2.05) is 17.5 Å². The van der Waals surface area contributed by atoms with Crippen molar-refractivity contribution in [2.75, 3.05) is 31.2 Å². The van der Waals surface area contributed by atoms with Crippen LogP contribution >= 0.6 is 11.3 Å². The zero-order valence-electron chi connectivity index (χ0n) is 15.7. The Morgan fingerprint density at radius 1 is 1.21 bits per heavy atom. The van der Waals surface area contributed by atoms with E-state index >= 15 is 0 Å². The number of hydrogen-bond acceptors (Lipinski definition) is 8. The van der Waals surface area contributed by atoms with Crippen LogP contribution < -0.4 is 10.6 Å². The first-order valence-electron chi connectivity index (χ1n) is 8.93. The Bertz CT molecular complexity index is 993. The van der Waals surface area contributed by atoms with Gasteiger partial charge < -0.3 is 20.1 Å². The van der Waals surface area contributed by atoms with Gasteiger partial charge >= 0.3 is 0 Å². The van der Waals surface area contributed by atoms with E-state index in [9.17, 15) is 8.42 Å². The van der Waals surface area contributed by atoms with Crippen LogP contribution in [-0.4, -0.2) is 51.3 Å². The first kappa shape index (κ1) is 19.2. The smallest absolute Gasteiger partial charge is 0.298 e. The zero-order chi connectivity index (χ0) is 19.9. The van der Waals surface area contributed by atoms with Crippen LogP contribution in [0.3, 0.4) is 0 Å². The van der Waals surface area contributed by atoms with Gasteiger partial charge in [0, 0.05) is 24.0 Å². The van der Waals surface area contributed by atoms with Gasteiger partial charge in [-0.1, -0.05) is 24.3 Å². The number of anilines is 1. The maximum Gasteiger partial charge on any atom is 0.298 e. The minimum atomic E-state index is -3.82. The minimum absolute atomic E-state index is 0.323. The molecule has 3 heterocycles. The van der Waals surface area contributed by atoms with Crippen LogP contribution in [0.2, 0.25) is 0 Å². The van der Waals surface area contributed by atoms with Crippen molar-refractivity contribution in [3.63, 3.8) is 0 Å². The second-order valence-corrected chi connectivity index (χ2v) is 9.79. The summed E-state index contributed by atoms with van der Waals surface area (Å²) in [6.45, 7) is 6.49. The highest BCUT2D eigenvalue weighted by atomic mass is 32.2. The third-order valence-electron chi connectivity index (χ3n) is 4.80. The number of amidine groups is 1. The molecule has 10 heteroatoms. The number of morpholine rings is 1. The number of aromatic nitrogens is 1. The van der Waals surface area contributed by atoms with Gasteiger partial charge in [-0.15, -0.1) is 15.7 Å². The Morgan fingerprint density at radius 2 is 1.89 bits per heavy atom. The second-order valence-electron chi connectivity index (χ2n) is 7.27. The molecule has 150 valence electrons. The second kappa shape index (κ2) is 7.02. The van der Waals surface area contributed by atoms with Crippen molar-refractivity contribution in [1.29, 1.82) is 0 Å². The van der Waals surface area contributed by atoms with Crippen molar-refractivity contribution < 1.29 is 17.9 Å². The van der Waals surface area contributed by atoms with Gasteiger partial charge in [0.2, 0.25) is 0 Å². The number of hydrogen-bond donors (Lipinski definition) is 1.